The number of likely N-dealkylation sites (tertiary alicyclic amines) is 1. The van der Waals surface area contributed by atoms with Crippen molar-refractivity contribution in [3.63, 3.8) is 0 Å². The number of ether oxygens (including phenoxy) is 2. The number of piperidine rings is 1. The fourth-order valence-corrected chi connectivity index (χ4v) is 4.45. The molecule has 0 aliphatic carbocycles. The van der Waals surface area contributed by atoms with Crippen LogP contribution in [-0.4, -0.2) is 58.3 Å². The fraction of sp³-hybridized carbons (Fsp3) is 0.320. The lowest BCUT2D eigenvalue weighted by Gasteiger charge is -2.29. The number of aliphatic hydroxyl groups excluding tert-OH is 1. The molecule has 0 spiro atoms. The maximum atomic E-state index is 12.8. The lowest BCUT2D eigenvalue weighted by Crippen LogP contribution is -2.40. The summed E-state index contributed by atoms with van der Waals surface area (Å²) in [5.41, 5.74) is 4.78. The summed E-state index contributed by atoms with van der Waals surface area (Å²) < 4.78 is 11.1. The lowest BCUT2D eigenvalue weighted by molar-refractivity contribution is -0.0472. The minimum Gasteiger partial charge on any atom is -0.393 e. The van der Waals surface area contributed by atoms with E-state index in [0.29, 0.717) is 49.7 Å². The third-order valence-electron chi connectivity index (χ3n) is 5.99. The van der Waals surface area contributed by atoms with E-state index in [1.807, 2.05) is 24.3 Å². The number of hydrogen-bond acceptors (Lipinski definition) is 6. The van der Waals surface area contributed by atoms with Crippen molar-refractivity contribution < 1.29 is 19.4 Å². The molecular weight excluding hydrogens is 442 g/mol. The minimum atomic E-state index is -0.441. The van der Waals surface area contributed by atoms with E-state index in [4.69, 9.17) is 21.1 Å². The van der Waals surface area contributed by atoms with Crippen LogP contribution in [0.1, 0.15) is 35.2 Å². The number of aromatic nitrogens is 2. The molecule has 2 fully saturated rings. The van der Waals surface area contributed by atoms with Crippen molar-refractivity contribution in [3.05, 3.63) is 71.3 Å². The van der Waals surface area contributed by atoms with Crippen molar-refractivity contribution >= 4 is 17.5 Å². The highest BCUT2D eigenvalue weighted by Gasteiger charge is 2.23. The van der Waals surface area contributed by atoms with Crippen LogP contribution in [0.25, 0.3) is 22.3 Å². The van der Waals surface area contributed by atoms with E-state index >= 15 is 0 Å². The predicted molar refractivity (Wildman–Crippen MR) is 124 cm³/mol. The summed E-state index contributed by atoms with van der Waals surface area (Å²) >= 11 is 6.60. The van der Waals surface area contributed by atoms with Crippen LogP contribution in [0.3, 0.4) is 0 Å². The maximum Gasteiger partial charge on any atom is 0.253 e. The van der Waals surface area contributed by atoms with Gasteiger partial charge in [-0.15, -0.1) is 0 Å². The van der Waals surface area contributed by atoms with Crippen molar-refractivity contribution in [2.24, 2.45) is 0 Å². The highest BCUT2D eigenvalue weighted by atomic mass is 35.5. The Bertz CT molecular complexity index is 1160. The fourth-order valence-electron chi connectivity index (χ4n) is 4.16. The van der Waals surface area contributed by atoms with Gasteiger partial charge in [-0.2, -0.15) is 0 Å². The number of hydrogen-bond donors (Lipinski definition) is 1. The van der Waals surface area contributed by atoms with Gasteiger partial charge in [-0.05, 0) is 48.7 Å². The molecule has 2 aromatic heterocycles. The molecule has 0 unspecified atom stereocenters. The maximum absolute atomic E-state index is 12.8. The molecule has 170 valence electrons. The zero-order valence-corrected chi connectivity index (χ0v) is 18.7. The van der Waals surface area contributed by atoms with E-state index in [1.54, 1.807) is 35.6 Å². The van der Waals surface area contributed by atoms with Crippen LogP contribution in [0.2, 0.25) is 5.02 Å². The van der Waals surface area contributed by atoms with Crippen LogP contribution < -0.4 is 0 Å². The number of rotatable bonds is 4. The molecule has 0 radical (unpaired) electrons. The summed E-state index contributed by atoms with van der Waals surface area (Å²) in [5, 5.41) is 10.2. The van der Waals surface area contributed by atoms with Gasteiger partial charge < -0.3 is 19.5 Å². The van der Waals surface area contributed by atoms with Gasteiger partial charge in [0.25, 0.3) is 5.91 Å². The Kier molecular flexibility index (Phi) is 6.37. The second-order valence-electron chi connectivity index (χ2n) is 8.22. The van der Waals surface area contributed by atoms with Crippen LogP contribution in [0.4, 0.5) is 0 Å². The Hall–Kier alpha value is -2.84. The molecule has 8 heteroatoms. The van der Waals surface area contributed by atoms with E-state index in [0.717, 1.165) is 27.9 Å². The molecule has 7 nitrogen and oxygen atoms in total. The molecule has 0 atom stereocenters. The summed E-state index contributed by atoms with van der Waals surface area (Å²) in [5.74, 6) is -0.0668. The van der Waals surface area contributed by atoms with Gasteiger partial charge in [0.15, 0.2) is 0 Å². The molecule has 1 aromatic carbocycles. The van der Waals surface area contributed by atoms with Crippen LogP contribution in [0, 0.1) is 0 Å². The van der Waals surface area contributed by atoms with Gasteiger partial charge in [0, 0.05) is 59.0 Å². The number of benzene rings is 1. The zero-order chi connectivity index (χ0) is 22.8. The molecule has 5 rings (SSSR count). The molecule has 4 heterocycles. The molecule has 0 bridgehead atoms. The van der Waals surface area contributed by atoms with Gasteiger partial charge >= 0.3 is 0 Å². The van der Waals surface area contributed by atoms with Gasteiger partial charge in [0.05, 0.1) is 25.0 Å². The smallest absolute Gasteiger partial charge is 0.253 e. The number of nitrogens with zero attached hydrogens (tertiary/aromatic N) is 3. The molecule has 1 amide bonds. The standard InChI is InChI=1S/C25H24ClN3O4/c26-22-12-17(24(31)29-7-4-20(30)5-8-29)1-2-21(22)19-11-18(14-27-15-19)16-3-6-28-23(13-16)25-32-9-10-33-25/h1-3,6,11-15,20,25,30H,4-5,7-10H2. The van der Waals surface area contributed by atoms with Crippen molar-refractivity contribution in [2.75, 3.05) is 26.3 Å². The SMILES string of the molecule is O=C(c1ccc(-c2cncc(-c3ccnc(C4OCCO4)c3)c2)c(Cl)c1)N1CCC(O)CC1. The molecular formula is C25H24ClN3O4. The molecule has 3 aromatic rings. The average molecular weight is 466 g/mol. The number of carbonyl (C=O) groups is 1. The Morgan fingerprint density at radius 3 is 2.52 bits per heavy atom. The molecule has 1 N–H and O–H groups in total. The van der Waals surface area contributed by atoms with Crippen LogP contribution in [-0.2, 0) is 9.47 Å². The summed E-state index contributed by atoms with van der Waals surface area (Å²) in [6.45, 7) is 2.22. The van der Waals surface area contributed by atoms with Crippen molar-refractivity contribution in [1.29, 1.82) is 0 Å². The summed E-state index contributed by atoms with van der Waals surface area (Å²) in [4.78, 5) is 23.4. The van der Waals surface area contributed by atoms with E-state index in [1.165, 1.54) is 0 Å². The number of pyridine rings is 2. The third-order valence-corrected chi connectivity index (χ3v) is 6.31. The largest absolute Gasteiger partial charge is 0.393 e. The van der Waals surface area contributed by atoms with E-state index in [2.05, 4.69) is 9.97 Å². The third kappa shape index (κ3) is 4.77. The first-order valence-electron chi connectivity index (χ1n) is 11.0. The van der Waals surface area contributed by atoms with E-state index in [-0.39, 0.29) is 12.0 Å². The van der Waals surface area contributed by atoms with Crippen LogP contribution >= 0.6 is 11.6 Å². The first-order valence-corrected chi connectivity index (χ1v) is 11.4. The Balaban J connectivity index is 1.39. The number of halogens is 1. The highest BCUT2D eigenvalue weighted by molar-refractivity contribution is 6.33. The Labute approximate surface area is 197 Å². The van der Waals surface area contributed by atoms with Gasteiger partial charge in [0.1, 0.15) is 0 Å². The van der Waals surface area contributed by atoms with E-state index in [9.17, 15) is 9.90 Å². The highest BCUT2D eigenvalue weighted by Crippen LogP contribution is 2.32. The normalized spacial score (nSPS) is 17.5. The number of amides is 1. The molecule has 0 saturated carbocycles. The molecule has 2 aliphatic rings. The summed E-state index contributed by atoms with van der Waals surface area (Å²) in [6, 6.07) is 11.2. The number of aliphatic hydroxyl groups is 1. The van der Waals surface area contributed by atoms with Gasteiger partial charge in [-0.1, -0.05) is 17.7 Å². The van der Waals surface area contributed by atoms with Crippen molar-refractivity contribution in [1.82, 2.24) is 14.9 Å². The molecule has 2 aliphatic heterocycles. The second kappa shape index (κ2) is 9.57. The van der Waals surface area contributed by atoms with E-state index < -0.39 is 6.29 Å². The average Bonchev–Trinajstić information content (AvgIpc) is 3.39. The number of carbonyl (C=O) groups excluding carboxylic acids is 1. The zero-order valence-electron chi connectivity index (χ0n) is 18.0. The summed E-state index contributed by atoms with van der Waals surface area (Å²) in [6.07, 6.45) is 5.71. The first kappa shape index (κ1) is 22.0. The summed E-state index contributed by atoms with van der Waals surface area (Å²) in [7, 11) is 0. The Morgan fingerprint density at radius 1 is 1.00 bits per heavy atom. The van der Waals surface area contributed by atoms with Crippen molar-refractivity contribution in [2.45, 2.75) is 25.2 Å². The van der Waals surface area contributed by atoms with Gasteiger partial charge in [-0.3, -0.25) is 14.8 Å². The predicted octanol–water partition coefficient (Wildman–Crippen LogP) is 4.11. The molecule has 2 saturated heterocycles. The topological polar surface area (TPSA) is 84.8 Å². The van der Waals surface area contributed by atoms with Gasteiger partial charge in [-0.25, -0.2) is 0 Å². The van der Waals surface area contributed by atoms with Crippen LogP contribution in [0.5, 0.6) is 0 Å². The minimum absolute atomic E-state index is 0.0668. The quantitative estimate of drug-likeness (QED) is 0.624. The lowest BCUT2D eigenvalue weighted by atomic mass is 10.0. The first-order chi connectivity index (χ1) is 16.1. The van der Waals surface area contributed by atoms with Crippen LogP contribution in [0.15, 0.2) is 55.0 Å². The second-order valence-corrected chi connectivity index (χ2v) is 8.63. The Morgan fingerprint density at radius 2 is 1.76 bits per heavy atom. The van der Waals surface area contributed by atoms with Gasteiger partial charge in [0.2, 0.25) is 6.29 Å². The molecule has 33 heavy (non-hydrogen) atoms. The monoisotopic (exact) mass is 465 g/mol. The van der Waals surface area contributed by atoms with Crippen molar-refractivity contribution in [3.8, 4) is 22.3 Å².